The van der Waals surface area contributed by atoms with Gasteiger partial charge in [0.05, 0.1) is 18.9 Å². The van der Waals surface area contributed by atoms with Gasteiger partial charge in [-0.2, -0.15) is 4.68 Å². The highest BCUT2D eigenvalue weighted by Gasteiger charge is 2.15. The van der Waals surface area contributed by atoms with Gasteiger partial charge in [-0.1, -0.05) is 30.0 Å². The minimum atomic E-state index is -0.0858. The van der Waals surface area contributed by atoms with E-state index in [0.29, 0.717) is 0 Å². The number of nitrogens with zero attached hydrogens (tertiary/aromatic N) is 4. The summed E-state index contributed by atoms with van der Waals surface area (Å²) in [4.78, 5) is 0. The molecule has 0 radical (unpaired) electrons. The van der Waals surface area contributed by atoms with E-state index in [1.807, 2.05) is 30.3 Å². The topological polar surface area (TPSA) is 62.1 Å². The third-order valence-electron chi connectivity index (χ3n) is 2.92. The molecule has 106 valence electrons. The number of aromatic nitrogens is 4. The lowest BCUT2D eigenvalue weighted by Gasteiger charge is -2.22. The van der Waals surface area contributed by atoms with Gasteiger partial charge in [0.1, 0.15) is 0 Å². The number of hydrogen-bond acceptors (Lipinski definition) is 6. The SMILES string of the molecule is c1ccc(-n2nnnc2SCCC2OCCCO2)cc1. The summed E-state index contributed by atoms with van der Waals surface area (Å²) in [6.07, 6.45) is 1.74. The summed E-state index contributed by atoms with van der Waals surface area (Å²) < 4.78 is 12.8. The van der Waals surface area contributed by atoms with Crippen molar-refractivity contribution in [3.05, 3.63) is 30.3 Å². The highest BCUT2D eigenvalue weighted by molar-refractivity contribution is 7.99. The Hall–Kier alpha value is -1.44. The summed E-state index contributed by atoms with van der Waals surface area (Å²) in [6.45, 7) is 1.58. The Kier molecular flexibility index (Phi) is 4.62. The van der Waals surface area contributed by atoms with E-state index >= 15 is 0 Å². The van der Waals surface area contributed by atoms with Crippen LogP contribution in [0.3, 0.4) is 0 Å². The molecule has 0 unspecified atom stereocenters. The Morgan fingerprint density at radius 3 is 2.80 bits per heavy atom. The fourth-order valence-corrected chi connectivity index (χ4v) is 2.80. The quantitative estimate of drug-likeness (QED) is 0.784. The molecule has 2 heterocycles. The normalized spacial score (nSPS) is 16.4. The van der Waals surface area contributed by atoms with Gasteiger partial charge >= 0.3 is 0 Å². The molecular weight excluding hydrogens is 276 g/mol. The summed E-state index contributed by atoms with van der Waals surface area (Å²) in [5, 5.41) is 12.6. The van der Waals surface area contributed by atoms with Crippen LogP contribution in [0.15, 0.2) is 35.5 Å². The molecule has 0 bridgehead atoms. The third kappa shape index (κ3) is 3.36. The van der Waals surface area contributed by atoms with Crippen LogP contribution in [0.2, 0.25) is 0 Å². The van der Waals surface area contributed by atoms with E-state index < -0.39 is 0 Å². The molecule has 0 spiro atoms. The molecule has 7 heteroatoms. The molecule has 6 nitrogen and oxygen atoms in total. The van der Waals surface area contributed by atoms with Crippen LogP contribution < -0.4 is 0 Å². The van der Waals surface area contributed by atoms with Crippen molar-refractivity contribution in [1.82, 2.24) is 20.2 Å². The van der Waals surface area contributed by atoms with Crippen molar-refractivity contribution in [2.45, 2.75) is 24.3 Å². The molecule has 1 aliphatic rings. The zero-order valence-electron chi connectivity index (χ0n) is 11.0. The van der Waals surface area contributed by atoms with Gasteiger partial charge in [0.15, 0.2) is 6.29 Å². The van der Waals surface area contributed by atoms with Crippen molar-refractivity contribution in [3.8, 4) is 5.69 Å². The summed E-state index contributed by atoms with van der Waals surface area (Å²) in [5.74, 6) is 0.859. The summed E-state index contributed by atoms with van der Waals surface area (Å²) in [7, 11) is 0. The van der Waals surface area contributed by atoms with E-state index in [0.717, 1.165) is 42.7 Å². The molecule has 20 heavy (non-hydrogen) atoms. The van der Waals surface area contributed by atoms with E-state index in [9.17, 15) is 0 Å². The number of tetrazole rings is 1. The first-order valence-corrected chi connectivity index (χ1v) is 7.62. The minimum Gasteiger partial charge on any atom is -0.353 e. The van der Waals surface area contributed by atoms with Gasteiger partial charge in [-0.3, -0.25) is 0 Å². The number of thioether (sulfide) groups is 1. The van der Waals surface area contributed by atoms with E-state index in [-0.39, 0.29) is 6.29 Å². The highest BCUT2D eigenvalue weighted by Crippen LogP contribution is 2.20. The van der Waals surface area contributed by atoms with Gasteiger partial charge < -0.3 is 9.47 Å². The zero-order valence-corrected chi connectivity index (χ0v) is 11.8. The number of para-hydroxylation sites is 1. The maximum Gasteiger partial charge on any atom is 0.214 e. The van der Waals surface area contributed by atoms with Crippen LogP contribution in [0, 0.1) is 0 Å². The van der Waals surface area contributed by atoms with Gasteiger partial charge in [0, 0.05) is 12.2 Å². The van der Waals surface area contributed by atoms with Crippen LogP contribution in [0.1, 0.15) is 12.8 Å². The number of hydrogen-bond donors (Lipinski definition) is 0. The summed E-state index contributed by atoms with van der Waals surface area (Å²) >= 11 is 1.61. The lowest BCUT2D eigenvalue weighted by atomic mass is 10.3. The van der Waals surface area contributed by atoms with E-state index in [1.54, 1.807) is 16.4 Å². The number of rotatable bonds is 5. The zero-order chi connectivity index (χ0) is 13.6. The molecule has 0 amide bonds. The van der Waals surface area contributed by atoms with Crippen LogP contribution in [0.5, 0.6) is 0 Å². The third-order valence-corrected chi connectivity index (χ3v) is 3.88. The lowest BCUT2D eigenvalue weighted by Crippen LogP contribution is -2.25. The number of ether oxygens (including phenoxy) is 2. The Morgan fingerprint density at radius 2 is 2.00 bits per heavy atom. The van der Waals surface area contributed by atoms with E-state index in [4.69, 9.17) is 9.47 Å². The smallest absolute Gasteiger partial charge is 0.214 e. The summed E-state index contributed by atoms with van der Waals surface area (Å²) in [5.41, 5.74) is 0.963. The monoisotopic (exact) mass is 292 g/mol. The molecule has 0 N–H and O–H groups in total. The maximum atomic E-state index is 5.52. The van der Waals surface area contributed by atoms with Crippen molar-refractivity contribution in [2.24, 2.45) is 0 Å². The van der Waals surface area contributed by atoms with Crippen molar-refractivity contribution in [1.29, 1.82) is 0 Å². The van der Waals surface area contributed by atoms with Gasteiger partial charge in [-0.15, -0.1) is 5.10 Å². The fourth-order valence-electron chi connectivity index (χ4n) is 1.95. The standard InChI is InChI=1S/C13H16N4O2S/c1-2-5-11(6-3-1)17-13(14-15-16-17)20-10-7-12-18-8-4-9-19-12/h1-3,5-6,12H,4,7-10H2. The van der Waals surface area contributed by atoms with E-state index in [2.05, 4.69) is 15.5 Å². The van der Waals surface area contributed by atoms with Crippen LogP contribution in [-0.4, -0.2) is 45.5 Å². The van der Waals surface area contributed by atoms with Crippen LogP contribution in [-0.2, 0) is 9.47 Å². The molecule has 3 rings (SSSR count). The van der Waals surface area contributed by atoms with Crippen LogP contribution >= 0.6 is 11.8 Å². The molecule has 1 aromatic heterocycles. The molecule has 1 saturated heterocycles. The lowest BCUT2D eigenvalue weighted by molar-refractivity contribution is -0.178. The first-order valence-electron chi connectivity index (χ1n) is 6.63. The van der Waals surface area contributed by atoms with Crippen molar-refractivity contribution in [3.63, 3.8) is 0 Å². The minimum absolute atomic E-state index is 0.0858. The van der Waals surface area contributed by atoms with Crippen LogP contribution in [0.25, 0.3) is 5.69 Å². The Balaban J connectivity index is 1.57. The van der Waals surface area contributed by atoms with Crippen molar-refractivity contribution < 1.29 is 9.47 Å². The Labute approximate surface area is 121 Å². The molecule has 1 aliphatic heterocycles. The molecule has 0 atom stereocenters. The van der Waals surface area contributed by atoms with Crippen LogP contribution in [0.4, 0.5) is 0 Å². The van der Waals surface area contributed by atoms with E-state index in [1.165, 1.54) is 0 Å². The molecular formula is C13H16N4O2S. The first-order chi connectivity index (χ1) is 9.93. The largest absolute Gasteiger partial charge is 0.353 e. The molecule has 0 saturated carbocycles. The Morgan fingerprint density at radius 1 is 1.20 bits per heavy atom. The maximum absolute atomic E-state index is 5.52. The second-order valence-electron chi connectivity index (χ2n) is 4.37. The van der Waals surface area contributed by atoms with Gasteiger partial charge in [0.25, 0.3) is 0 Å². The molecule has 1 aromatic carbocycles. The number of benzene rings is 1. The van der Waals surface area contributed by atoms with Crippen molar-refractivity contribution >= 4 is 11.8 Å². The summed E-state index contributed by atoms with van der Waals surface area (Å²) in [6, 6.07) is 9.87. The Bertz CT molecular complexity index is 528. The average molecular weight is 292 g/mol. The van der Waals surface area contributed by atoms with Crippen molar-refractivity contribution in [2.75, 3.05) is 19.0 Å². The molecule has 0 aliphatic carbocycles. The highest BCUT2D eigenvalue weighted by atomic mass is 32.2. The predicted octanol–water partition coefficient (Wildman–Crippen LogP) is 1.91. The van der Waals surface area contributed by atoms with Gasteiger partial charge in [-0.25, -0.2) is 0 Å². The fraction of sp³-hybridized carbons (Fsp3) is 0.462. The first kappa shape index (κ1) is 13.5. The predicted molar refractivity (Wildman–Crippen MR) is 74.8 cm³/mol. The average Bonchev–Trinajstić information content (AvgIpc) is 2.98. The second-order valence-corrected chi connectivity index (χ2v) is 5.43. The molecule has 2 aromatic rings. The van der Waals surface area contributed by atoms with Gasteiger partial charge in [-0.05, 0) is 29.0 Å². The molecule has 1 fully saturated rings. The second kappa shape index (κ2) is 6.83. The van der Waals surface area contributed by atoms with Gasteiger partial charge in [0.2, 0.25) is 5.16 Å².